The van der Waals surface area contributed by atoms with E-state index in [0.717, 1.165) is 42.1 Å². The number of aryl methyl sites for hydroxylation is 2. The summed E-state index contributed by atoms with van der Waals surface area (Å²) in [6.45, 7) is 8.22. The van der Waals surface area contributed by atoms with Gasteiger partial charge in [0.15, 0.2) is 11.0 Å². The second-order valence-electron chi connectivity index (χ2n) is 7.16. The van der Waals surface area contributed by atoms with E-state index in [4.69, 9.17) is 4.52 Å². The normalized spacial score (nSPS) is 15.8. The molecule has 148 valence electrons. The third kappa shape index (κ3) is 3.92. The van der Waals surface area contributed by atoms with Gasteiger partial charge in [0.05, 0.1) is 10.9 Å². The Kier molecular flexibility index (Phi) is 5.66. The number of rotatable bonds is 6. The highest BCUT2D eigenvalue weighted by molar-refractivity contribution is 7.99. The van der Waals surface area contributed by atoms with Crippen LogP contribution in [0.5, 0.6) is 0 Å². The molecular weight excluding hydrogens is 372 g/mol. The lowest BCUT2D eigenvalue weighted by molar-refractivity contribution is 0.375. The van der Waals surface area contributed by atoms with Crippen molar-refractivity contribution in [3.8, 4) is 5.69 Å². The molecule has 0 aliphatic carbocycles. The number of aromatic nitrogens is 5. The van der Waals surface area contributed by atoms with Crippen LogP contribution in [-0.2, 0) is 6.42 Å². The molecule has 0 radical (unpaired) electrons. The van der Waals surface area contributed by atoms with Crippen LogP contribution in [0, 0.1) is 6.92 Å². The molecule has 0 saturated carbocycles. The summed E-state index contributed by atoms with van der Waals surface area (Å²) in [5, 5.41) is 13.9. The van der Waals surface area contributed by atoms with Gasteiger partial charge in [-0.15, -0.1) is 10.2 Å². The molecule has 4 rings (SSSR count). The first kappa shape index (κ1) is 19.0. The summed E-state index contributed by atoms with van der Waals surface area (Å²) in [5.74, 6) is 2.27. The van der Waals surface area contributed by atoms with Crippen molar-refractivity contribution >= 4 is 17.7 Å². The van der Waals surface area contributed by atoms with Crippen LogP contribution in [0.25, 0.3) is 5.69 Å². The third-order valence-electron chi connectivity index (χ3n) is 4.98. The Hall–Kier alpha value is -2.35. The largest absolute Gasteiger partial charge is 0.341 e. The topological polar surface area (TPSA) is 72.9 Å². The van der Waals surface area contributed by atoms with Crippen molar-refractivity contribution in [2.24, 2.45) is 0 Å². The number of hydrogen-bond donors (Lipinski definition) is 0. The van der Waals surface area contributed by atoms with Crippen molar-refractivity contribution in [2.45, 2.75) is 56.9 Å². The maximum Gasteiger partial charge on any atom is 0.239 e. The van der Waals surface area contributed by atoms with Gasteiger partial charge in [-0.2, -0.15) is 4.98 Å². The molecule has 0 spiro atoms. The Morgan fingerprint density at radius 1 is 1.11 bits per heavy atom. The molecule has 7 nitrogen and oxygen atoms in total. The van der Waals surface area contributed by atoms with Crippen LogP contribution < -0.4 is 4.90 Å². The summed E-state index contributed by atoms with van der Waals surface area (Å²) in [4.78, 5) is 6.81. The lowest BCUT2D eigenvalue weighted by Gasteiger charge is -2.28. The van der Waals surface area contributed by atoms with Crippen molar-refractivity contribution < 1.29 is 4.52 Å². The highest BCUT2D eigenvalue weighted by Crippen LogP contribution is 2.36. The molecule has 0 bridgehead atoms. The van der Waals surface area contributed by atoms with Crippen LogP contribution in [0.3, 0.4) is 0 Å². The average molecular weight is 399 g/mol. The Morgan fingerprint density at radius 2 is 1.86 bits per heavy atom. The molecule has 1 fully saturated rings. The summed E-state index contributed by atoms with van der Waals surface area (Å²) in [6, 6.07) is 8.50. The zero-order chi connectivity index (χ0) is 19.5. The second-order valence-corrected chi connectivity index (χ2v) is 8.47. The fourth-order valence-electron chi connectivity index (χ4n) is 3.34. The van der Waals surface area contributed by atoms with Gasteiger partial charge in [0.2, 0.25) is 11.8 Å². The zero-order valence-corrected chi connectivity index (χ0v) is 17.4. The molecule has 0 amide bonds. The molecule has 1 atom stereocenters. The maximum atomic E-state index is 5.42. The fourth-order valence-corrected chi connectivity index (χ4v) is 4.24. The van der Waals surface area contributed by atoms with Crippen LogP contribution in [0.15, 0.2) is 33.9 Å². The number of anilines is 1. The van der Waals surface area contributed by atoms with Gasteiger partial charge in [0.1, 0.15) is 0 Å². The van der Waals surface area contributed by atoms with Crippen molar-refractivity contribution in [1.29, 1.82) is 0 Å². The predicted octanol–water partition coefficient (Wildman–Crippen LogP) is 4.36. The molecule has 0 N–H and O–H groups in total. The van der Waals surface area contributed by atoms with Crippen molar-refractivity contribution in [3.63, 3.8) is 0 Å². The minimum atomic E-state index is -0.00426. The van der Waals surface area contributed by atoms with E-state index in [-0.39, 0.29) is 5.25 Å². The molecule has 1 aromatic carbocycles. The van der Waals surface area contributed by atoms with Gasteiger partial charge in [-0.05, 0) is 45.2 Å². The van der Waals surface area contributed by atoms with Crippen molar-refractivity contribution in [1.82, 2.24) is 24.9 Å². The van der Waals surface area contributed by atoms with Gasteiger partial charge in [0.25, 0.3) is 0 Å². The van der Waals surface area contributed by atoms with Gasteiger partial charge in [0, 0.05) is 19.5 Å². The second kappa shape index (κ2) is 8.34. The lowest BCUT2D eigenvalue weighted by Crippen LogP contribution is -2.31. The zero-order valence-electron chi connectivity index (χ0n) is 16.6. The van der Waals surface area contributed by atoms with E-state index >= 15 is 0 Å². The Balaban J connectivity index is 1.67. The smallest absolute Gasteiger partial charge is 0.239 e. The molecule has 8 heteroatoms. The summed E-state index contributed by atoms with van der Waals surface area (Å²) < 4.78 is 7.58. The van der Waals surface area contributed by atoms with E-state index in [1.54, 1.807) is 11.8 Å². The summed E-state index contributed by atoms with van der Waals surface area (Å²) in [6.07, 6.45) is 4.44. The predicted molar refractivity (Wildman–Crippen MR) is 110 cm³/mol. The highest BCUT2D eigenvalue weighted by Gasteiger charge is 2.24. The number of thioether (sulfide) groups is 1. The SMILES string of the molecule is CCc1noc(C(C)Sc2nnc(N3CCCCC3)n2-c2ccc(C)cc2)n1. The van der Waals surface area contributed by atoms with E-state index in [1.807, 2.05) is 6.92 Å². The van der Waals surface area contributed by atoms with Crippen LogP contribution >= 0.6 is 11.8 Å². The van der Waals surface area contributed by atoms with Crippen molar-refractivity contribution in [3.05, 3.63) is 41.5 Å². The van der Waals surface area contributed by atoms with E-state index < -0.39 is 0 Å². The van der Waals surface area contributed by atoms with Gasteiger partial charge in [-0.25, -0.2) is 0 Å². The van der Waals surface area contributed by atoms with Gasteiger partial charge in [-0.3, -0.25) is 4.57 Å². The minimum absolute atomic E-state index is 0.00426. The minimum Gasteiger partial charge on any atom is -0.341 e. The number of nitrogens with zero attached hydrogens (tertiary/aromatic N) is 6. The summed E-state index contributed by atoms with van der Waals surface area (Å²) in [5.41, 5.74) is 2.31. The van der Waals surface area contributed by atoms with Crippen LogP contribution in [0.2, 0.25) is 0 Å². The van der Waals surface area contributed by atoms with E-state index in [0.29, 0.717) is 5.89 Å². The van der Waals surface area contributed by atoms with Gasteiger partial charge in [-0.1, -0.05) is 41.5 Å². The standard InChI is InChI=1S/C20H26N6OS/c1-4-17-21-18(27-24-17)15(3)28-20-23-22-19(25-12-6-5-7-13-25)26(20)16-10-8-14(2)9-11-16/h8-11,15H,4-7,12-13H2,1-3H3. The van der Waals surface area contributed by atoms with Crippen molar-refractivity contribution in [2.75, 3.05) is 18.0 Å². The molecule has 28 heavy (non-hydrogen) atoms. The Labute approximate surface area is 169 Å². The molecule has 1 aliphatic heterocycles. The Bertz CT molecular complexity index is 913. The first-order chi connectivity index (χ1) is 13.7. The number of piperidine rings is 1. The van der Waals surface area contributed by atoms with Crippen LogP contribution in [0.1, 0.15) is 55.6 Å². The molecule has 1 aliphatic rings. The van der Waals surface area contributed by atoms with Gasteiger partial charge < -0.3 is 9.42 Å². The monoisotopic (exact) mass is 398 g/mol. The van der Waals surface area contributed by atoms with Crippen LogP contribution in [0.4, 0.5) is 5.95 Å². The molecular formula is C20H26N6OS. The average Bonchev–Trinajstić information content (AvgIpc) is 3.37. The molecule has 1 unspecified atom stereocenters. The lowest BCUT2D eigenvalue weighted by atomic mass is 10.1. The molecule has 3 heterocycles. The van der Waals surface area contributed by atoms with E-state index in [9.17, 15) is 0 Å². The highest BCUT2D eigenvalue weighted by atomic mass is 32.2. The quantitative estimate of drug-likeness (QED) is 0.571. The van der Waals surface area contributed by atoms with E-state index in [2.05, 4.69) is 67.9 Å². The van der Waals surface area contributed by atoms with E-state index in [1.165, 1.54) is 24.8 Å². The molecule has 2 aromatic heterocycles. The first-order valence-corrected chi connectivity index (χ1v) is 10.8. The van der Waals surface area contributed by atoms with Crippen LogP contribution in [-0.4, -0.2) is 38.0 Å². The molecule has 3 aromatic rings. The summed E-state index contributed by atoms with van der Waals surface area (Å²) >= 11 is 1.60. The number of benzene rings is 1. The first-order valence-electron chi connectivity index (χ1n) is 9.92. The molecule has 1 saturated heterocycles. The Morgan fingerprint density at radius 3 is 2.54 bits per heavy atom. The number of hydrogen-bond acceptors (Lipinski definition) is 7. The third-order valence-corrected chi connectivity index (χ3v) is 6.01. The van der Waals surface area contributed by atoms with Gasteiger partial charge >= 0.3 is 0 Å². The maximum absolute atomic E-state index is 5.42. The summed E-state index contributed by atoms with van der Waals surface area (Å²) in [7, 11) is 0. The fraction of sp³-hybridized carbons (Fsp3) is 0.500.